The van der Waals surface area contributed by atoms with E-state index in [2.05, 4.69) is 12.2 Å². The van der Waals surface area contributed by atoms with Crippen molar-refractivity contribution in [2.24, 2.45) is 0 Å². The first-order valence-corrected chi connectivity index (χ1v) is 9.85. The maximum atomic E-state index is 12.5. The van der Waals surface area contributed by atoms with E-state index in [4.69, 9.17) is 0 Å². The molecular weight excluding hydrogens is 292 g/mol. The average molecular weight is 316 g/mol. The molecule has 0 amide bonds. The third-order valence-corrected chi connectivity index (χ3v) is 6.19. The third-order valence-electron chi connectivity index (χ3n) is 3.39. The van der Waals surface area contributed by atoms with Crippen molar-refractivity contribution in [3.8, 4) is 0 Å². The average Bonchev–Trinajstić information content (AvgIpc) is 3.12. The smallest absolute Gasteiger partial charge is 0.214 e. The van der Waals surface area contributed by atoms with Gasteiger partial charge in [0.1, 0.15) is 0 Å². The second kappa shape index (κ2) is 7.54. The van der Waals surface area contributed by atoms with Crippen molar-refractivity contribution in [2.45, 2.75) is 45.2 Å². The van der Waals surface area contributed by atoms with Crippen LogP contribution < -0.4 is 5.32 Å². The zero-order valence-electron chi connectivity index (χ0n) is 12.0. The Bertz CT molecular complexity index is 481. The van der Waals surface area contributed by atoms with E-state index < -0.39 is 10.0 Å². The molecule has 0 saturated heterocycles. The summed E-state index contributed by atoms with van der Waals surface area (Å²) in [6.45, 7) is 4.40. The van der Waals surface area contributed by atoms with Crippen LogP contribution in [0.4, 0.5) is 0 Å². The lowest BCUT2D eigenvalue weighted by atomic mass is 10.4. The zero-order chi connectivity index (χ0) is 14.4. The summed E-state index contributed by atoms with van der Waals surface area (Å²) in [5.74, 6) is 0.256. The number of rotatable bonds is 10. The van der Waals surface area contributed by atoms with Gasteiger partial charge in [-0.1, -0.05) is 13.0 Å². The largest absolute Gasteiger partial charge is 0.317 e. The second-order valence-corrected chi connectivity index (χ2v) is 8.35. The summed E-state index contributed by atoms with van der Waals surface area (Å²) >= 11 is 1.63. The lowest BCUT2D eigenvalue weighted by Crippen LogP contribution is -2.35. The van der Waals surface area contributed by atoms with Gasteiger partial charge in [0.25, 0.3) is 0 Å². The lowest BCUT2D eigenvalue weighted by Gasteiger charge is -2.21. The van der Waals surface area contributed by atoms with Crippen molar-refractivity contribution in [3.05, 3.63) is 22.4 Å². The lowest BCUT2D eigenvalue weighted by molar-refractivity contribution is 0.400. The molecule has 1 aromatic rings. The predicted molar refractivity (Wildman–Crippen MR) is 84.4 cm³/mol. The minimum absolute atomic E-state index is 0.241. The number of nitrogens with zero attached hydrogens (tertiary/aromatic N) is 1. The van der Waals surface area contributed by atoms with E-state index in [-0.39, 0.29) is 11.8 Å². The summed E-state index contributed by atoms with van der Waals surface area (Å²) in [4.78, 5) is 1.13. The molecule has 2 rings (SSSR count). The van der Waals surface area contributed by atoms with E-state index in [1.54, 1.807) is 15.6 Å². The minimum atomic E-state index is -3.12. The summed E-state index contributed by atoms with van der Waals surface area (Å²) in [5, 5.41) is 5.26. The van der Waals surface area contributed by atoms with Crippen LogP contribution in [-0.4, -0.2) is 37.6 Å². The molecule has 1 aliphatic rings. The van der Waals surface area contributed by atoms with E-state index in [9.17, 15) is 8.42 Å². The van der Waals surface area contributed by atoms with Crippen LogP contribution in [0.3, 0.4) is 0 Å². The van der Waals surface area contributed by atoms with Gasteiger partial charge < -0.3 is 5.32 Å². The van der Waals surface area contributed by atoms with E-state index >= 15 is 0 Å². The maximum Gasteiger partial charge on any atom is 0.214 e. The van der Waals surface area contributed by atoms with Crippen molar-refractivity contribution in [3.63, 3.8) is 0 Å². The Morgan fingerprint density at radius 1 is 1.40 bits per heavy atom. The number of thiophene rings is 1. The van der Waals surface area contributed by atoms with Crippen LogP contribution in [0, 0.1) is 0 Å². The summed E-state index contributed by atoms with van der Waals surface area (Å²) in [6, 6.07) is 4.23. The number of hydrogen-bond acceptors (Lipinski definition) is 4. The Morgan fingerprint density at radius 3 is 2.80 bits per heavy atom. The van der Waals surface area contributed by atoms with Crippen LogP contribution >= 0.6 is 11.3 Å². The summed E-state index contributed by atoms with van der Waals surface area (Å²) in [5.41, 5.74) is 0. The highest BCUT2D eigenvalue weighted by molar-refractivity contribution is 7.89. The molecule has 20 heavy (non-hydrogen) atoms. The van der Waals surface area contributed by atoms with E-state index in [0.717, 1.165) is 37.2 Å². The summed E-state index contributed by atoms with van der Waals surface area (Å²) in [7, 11) is -3.12. The van der Waals surface area contributed by atoms with Gasteiger partial charge in [-0.05, 0) is 50.2 Å². The first kappa shape index (κ1) is 15.9. The quantitative estimate of drug-likeness (QED) is 0.675. The number of sulfonamides is 1. The van der Waals surface area contributed by atoms with Crippen LogP contribution in [0.15, 0.2) is 17.5 Å². The molecule has 1 aromatic heterocycles. The van der Waals surface area contributed by atoms with Crippen molar-refractivity contribution in [1.29, 1.82) is 0 Å². The van der Waals surface area contributed by atoms with E-state index in [1.807, 2.05) is 17.5 Å². The minimum Gasteiger partial charge on any atom is -0.317 e. The van der Waals surface area contributed by atoms with Gasteiger partial charge in [0.15, 0.2) is 0 Å². The van der Waals surface area contributed by atoms with Crippen molar-refractivity contribution in [2.75, 3.05) is 18.8 Å². The molecule has 1 heterocycles. The summed E-state index contributed by atoms with van der Waals surface area (Å²) < 4.78 is 26.7. The predicted octanol–water partition coefficient (Wildman–Crippen LogP) is 2.43. The van der Waals surface area contributed by atoms with Crippen LogP contribution in [-0.2, 0) is 16.6 Å². The van der Waals surface area contributed by atoms with Gasteiger partial charge in [-0.3, -0.25) is 0 Å². The Balaban J connectivity index is 1.87. The summed E-state index contributed by atoms with van der Waals surface area (Å²) in [6.07, 6.45) is 3.80. The Labute approximate surface area is 126 Å². The molecule has 1 N–H and O–H groups in total. The molecule has 0 aromatic carbocycles. The molecule has 1 saturated carbocycles. The first-order chi connectivity index (χ1) is 9.63. The van der Waals surface area contributed by atoms with Crippen LogP contribution in [0.25, 0.3) is 0 Å². The molecule has 1 fully saturated rings. The molecule has 0 aliphatic heterocycles. The van der Waals surface area contributed by atoms with Crippen molar-refractivity contribution >= 4 is 21.4 Å². The van der Waals surface area contributed by atoms with Crippen molar-refractivity contribution in [1.82, 2.24) is 9.62 Å². The highest BCUT2D eigenvalue weighted by Crippen LogP contribution is 2.31. The highest BCUT2D eigenvalue weighted by atomic mass is 32.2. The van der Waals surface area contributed by atoms with Gasteiger partial charge in [-0.25, -0.2) is 8.42 Å². The third kappa shape index (κ3) is 4.84. The van der Waals surface area contributed by atoms with E-state index in [1.165, 1.54) is 0 Å². The first-order valence-electron chi connectivity index (χ1n) is 7.36. The Kier molecular flexibility index (Phi) is 6.01. The Hall–Kier alpha value is -0.430. The van der Waals surface area contributed by atoms with Gasteiger partial charge in [-0.2, -0.15) is 4.31 Å². The molecular formula is C14H24N2O2S2. The maximum absolute atomic E-state index is 12.5. The van der Waals surface area contributed by atoms with E-state index in [0.29, 0.717) is 13.0 Å². The molecule has 0 radical (unpaired) electrons. The molecule has 4 nitrogen and oxygen atoms in total. The van der Waals surface area contributed by atoms with Gasteiger partial charge in [0.2, 0.25) is 10.0 Å². The number of hydrogen-bond donors (Lipinski definition) is 1. The van der Waals surface area contributed by atoms with Gasteiger partial charge in [0.05, 0.1) is 5.75 Å². The molecule has 0 atom stereocenters. The zero-order valence-corrected chi connectivity index (χ0v) is 13.7. The highest BCUT2D eigenvalue weighted by Gasteiger charge is 2.36. The second-order valence-electron chi connectivity index (χ2n) is 5.28. The fourth-order valence-corrected chi connectivity index (χ4v) is 4.70. The van der Waals surface area contributed by atoms with Gasteiger partial charge in [-0.15, -0.1) is 11.3 Å². The SMILES string of the molecule is CCCNCCCS(=O)(=O)N(Cc1cccs1)C1CC1. The molecule has 114 valence electrons. The molecule has 1 aliphatic carbocycles. The molecule has 0 spiro atoms. The fourth-order valence-electron chi connectivity index (χ4n) is 2.17. The van der Waals surface area contributed by atoms with Crippen LogP contribution in [0.1, 0.15) is 37.5 Å². The topological polar surface area (TPSA) is 49.4 Å². The standard InChI is InChI=1S/C14H24N2O2S2/c1-2-8-15-9-4-11-20(17,18)16(13-6-7-13)12-14-5-3-10-19-14/h3,5,10,13,15H,2,4,6-9,11-12H2,1H3. The van der Waals surface area contributed by atoms with Crippen molar-refractivity contribution < 1.29 is 8.42 Å². The van der Waals surface area contributed by atoms with Crippen LogP contribution in [0.5, 0.6) is 0 Å². The molecule has 0 unspecified atom stereocenters. The normalized spacial score (nSPS) is 15.9. The van der Waals surface area contributed by atoms with Gasteiger partial charge in [0, 0.05) is 17.5 Å². The molecule has 0 bridgehead atoms. The molecule has 6 heteroatoms. The Morgan fingerprint density at radius 2 is 2.20 bits per heavy atom. The van der Waals surface area contributed by atoms with Gasteiger partial charge >= 0.3 is 0 Å². The van der Waals surface area contributed by atoms with Crippen LogP contribution in [0.2, 0.25) is 0 Å². The number of nitrogens with one attached hydrogen (secondary N) is 1. The fraction of sp³-hybridized carbons (Fsp3) is 0.714. The monoisotopic (exact) mass is 316 g/mol.